The van der Waals surface area contributed by atoms with Gasteiger partial charge in [0.2, 0.25) is 5.91 Å². The Hall–Kier alpha value is 0.280. The summed E-state index contributed by atoms with van der Waals surface area (Å²) in [4.78, 5) is 12.8. The Morgan fingerprint density at radius 3 is 2.71 bits per heavy atom. The molecular weight excluding hydrogens is 436 g/mol. The number of nitrogens with one attached hydrogen (secondary N) is 1. The second-order valence-corrected chi connectivity index (χ2v) is 10.3. The first-order valence-electron chi connectivity index (χ1n) is 4.82. The van der Waals surface area contributed by atoms with Crippen molar-refractivity contribution in [2.75, 3.05) is 0 Å². The Kier molecular flexibility index (Phi) is 3.83. The molecule has 1 N–H and O–H groups in total. The lowest BCUT2D eigenvalue weighted by molar-refractivity contribution is -0.125. The van der Waals surface area contributed by atoms with Gasteiger partial charge < -0.3 is 0 Å². The van der Waals surface area contributed by atoms with Gasteiger partial charge >= 0.3 is 0 Å². The quantitative estimate of drug-likeness (QED) is 0.429. The van der Waals surface area contributed by atoms with Crippen LogP contribution in [0.4, 0.5) is 0 Å². The number of hydrogen-bond acceptors (Lipinski definition) is 3. The molecule has 1 unspecified atom stereocenters. The van der Waals surface area contributed by atoms with Gasteiger partial charge in [-0.25, -0.2) is 5.43 Å². The molecule has 0 bridgehead atoms. The van der Waals surface area contributed by atoms with Gasteiger partial charge in [-0.1, -0.05) is 31.9 Å². The summed E-state index contributed by atoms with van der Waals surface area (Å²) in [6.07, 6.45) is 2.40. The maximum absolute atomic E-state index is 11.8. The van der Waals surface area contributed by atoms with E-state index in [-0.39, 0.29) is 9.14 Å². The minimum Gasteiger partial charge on any atom is -0.272 e. The fourth-order valence-corrected chi connectivity index (χ4v) is 4.10. The van der Waals surface area contributed by atoms with Gasteiger partial charge in [0.05, 0.1) is 18.6 Å². The van der Waals surface area contributed by atoms with Crippen LogP contribution in [0.1, 0.15) is 18.2 Å². The first kappa shape index (κ1) is 13.7. The van der Waals surface area contributed by atoms with E-state index in [1.54, 1.807) is 17.6 Å². The van der Waals surface area contributed by atoms with E-state index in [4.69, 9.17) is 0 Å². The number of nitrogens with zero attached hydrogens (tertiary/aromatic N) is 1. The number of carbonyl (C=O) groups is 1. The average Bonchev–Trinajstić information content (AvgIpc) is 2.58. The first-order valence-corrected chi connectivity index (χ1v) is 8.01. The lowest BCUT2D eigenvalue weighted by Crippen LogP contribution is -2.29. The van der Waals surface area contributed by atoms with Crippen molar-refractivity contribution < 1.29 is 4.79 Å². The molecule has 1 atom stereocenters. The molecule has 1 saturated carbocycles. The Bertz CT molecular complexity index is 486. The molecule has 1 fully saturated rings. The van der Waals surface area contributed by atoms with Gasteiger partial charge in [0, 0.05) is 4.88 Å². The van der Waals surface area contributed by atoms with Crippen LogP contribution >= 0.6 is 59.1 Å². The highest BCUT2D eigenvalue weighted by Crippen LogP contribution is 2.66. The summed E-state index contributed by atoms with van der Waals surface area (Å²) < 4.78 is 0.762. The van der Waals surface area contributed by atoms with Crippen molar-refractivity contribution in [3.8, 4) is 0 Å². The molecule has 3 nitrogen and oxygen atoms in total. The van der Waals surface area contributed by atoms with Crippen molar-refractivity contribution in [3.05, 3.63) is 20.8 Å². The summed E-state index contributed by atoms with van der Waals surface area (Å²) in [6.45, 7) is 1.89. The van der Waals surface area contributed by atoms with E-state index in [9.17, 15) is 4.79 Å². The van der Waals surface area contributed by atoms with Crippen LogP contribution < -0.4 is 5.43 Å². The van der Waals surface area contributed by atoms with Crippen LogP contribution in [0.15, 0.2) is 21.0 Å². The minimum atomic E-state index is -0.430. The van der Waals surface area contributed by atoms with Crippen LogP contribution in [-0.4, -0.2) is 15.4 Å². The Labute approximate surface area is 128 Å². The van der Waals surface area contributed by atoms with Crippen LogP contribution in [0, 0.1) is 5.41 Å². The van der Waals surface area contributed by atoms with Gasteiger partial charge in [0.1, 0.15) is 0 Å². The number of carbonyl (C=O) groups excluding carboxylic acids is 1. The smallest absolute Gasteiger partial charge is 0.248 e. The summed E-state index contributed by atoms with van der Waals surface area (Å²) in [5.41, 5.74) is 2.13. The van der Waals surface area contributed by atoms with E-state index in [0.717, 1.165) is 15.1 Å². The van der Waals surface area contributed by atoms with Crippen LogP contribution in [-0.2, 0) is 4.79 Å². The zero-order valence-corrected chi connectivity index (χ0v) is 14.4. The molecule has 1 amide bonds. The monoisotopic (exact) mass is 442 g/mol. The lowest BCUT2D eigenvalue weighted by Gasteiger charge is -2.09. The van der Waals surface area contributed by atoms with Gasteiger partial charge in [-0.2, -0.15) is 5.10 Å². The van der Waals surface area contributed by atoms with E-state index in [2.05, 4.69) is 58.3 Å². The maximum atomic E-state index is 11.8. The normalized spacial score (nSPS) is 26.1. The highest BCUT2D eigenvalue weighted by Gasteiger charge is 2.66. The highest BCUT2D eigenvalue weighted by molar-refractivity contribution is 9.25. The summed E-state index contributed by atoms with van der Waals surface area (Å²) in [6, 6.07) is 3.88. The second-order valence-electron chi connectivity index (χ2n) is 4.05. The molecule has 17 heavy (non-hydrogen) atoms. The van der Waals surface area contributed by atoms with Crippen LogP contribution in [0.5, 0.6) is 0 Å². The van der Waals surface area contributed by atoms with Crippen molar-refractivity contribution >= 4 is 71.2 Å². The molecule has 1 heterocycles. The van der Waals surface area contributed by atoms with E-state index >= 15 is 0 Å². The van der Waals surface area contributed by atoms with Gasteiger partial charge in [-0.3, -0.25) is 4.79 Å². The molecule has 0 saturated heterocycles. The molecule has 0 radical (unpaired) electrons. The molecular formula is C10H9Br3N2OS. The number of rotatable bonds is 3. The summed E-state index contributed by atoms with van der Waals surface area (Å²) in [7, 11) is 0. The number of hydrazone groups is 1. The molecule has 7 heteroatoms. The molecule has 2 rings (SSSR count). The average molecular weight is 445 g/mol. The largest absolute Gasteiger partial charge is 0.272 e. The standard InChI is InChI=1S/C10H9Br3N2OS/c1-9(5-10(9,12)13)8(16)15-14-4-6-2-3-7(11)17-6/h2-4H,5H2,1H3,(H,15,16). The van der Waals surface area contributed by atoms with E-state index in [1.165, 1.54) is 0 Å². The minimum absolute atomic E-state index is 0.0851. The molecule has 1 aliphatic carbocycles. The zero-order chi connectivity index (χ0) is 12.7. The van der Waals surface area contributed by atoms with E-state index in [0.29, 0.717) is 0 Å². The third kappa shape index (κ3) is 2.83. The van der Waals surface area contributed by atoms with Gasteiger partial charge in [-0.15, -0.1) is 11.3 Å². The fourth-order valence-electron chi connectivity index (χ4n) is 1.32. The van der Waals surface area contributed by atoms with E-state index < -0.39 is 5.41 Å². The maximum Gasteiger partial charge on any atom is 0.248 e. The predicted octanol–water partition coefficient (Wildman–Crippen LogP) is 3.86. The van der Waals surface area contributed by atoms with Crippen molar-refractivity contribution in [2.24, 2.45) is 10.5 Å². The fraction of sp³-hybridized carbons (Fsp3) is 0.400. The second kappa shape index (κ2) is 4.75. The Morgan fingerprint density at radius 2 is 2.24 bits per heavy atom. The molecule has 1 aromatic rings. The molecule has 1 aliphatic rings. The Morgan fingerprint density at radius 1 is 1.59 bits per heavy atom. The van der Waals surface area contributed by atoms with Gasteiger partial charge in [0.25, 0.3) is 0 Å². The SMILES string of the molecule is CC1(C(=O)NN=Cc2ccc(Br)s2)CC1(Br)Br. The van der Waals surface area contributed by atoms with Crippen LogP contribution in [0.3, 0.4) is 0 Å². The van der Waals surface area contributed by atoms with Gasteiger partial charge in [0.15, 0.2) is 0 Å². The molecule has 0 aliphatic heterocycles. The number of alkyl halides is 2. The summed E-state index contributed by atoms with van der Waals surface area (Å²) in [5, 5.41) is 3.95. The first-order chi connectivity index (χ1) is 7.85. The number of halogens is 3. The third-order valence-electron chi connectivity index (χ3n) is 2.71. The van der Waals surface area contributed by atoms with Crippen molar-refractivity contribution in [3.63, 3.8) is 0 Å². The van der Waals surface area contributed by atoms with Crippen molar-refractivity contribution in [2.45, 2.75) is 16.6 Å². The predicted molar refractivity (Wildman–Crippen MR) is 81.1 cm³/mol. The molecule has 0 spiro atoms. The summed E-state index contributed by atoms with van der Waals surface area (Å²) in [5.74, 6) is -0.0851. The number of hydrogen-bond donors (Lipinski definition) is 1. The zero-order valence-electron chi connectivity index (χ0n) is 8.84. The van der Waals surface area contributed by atoms with Gasteiger partial charge in [-0.05, 0) is 41.4 Å². The summed E-state index contributed by atoms with van der Waals surface area (Å²) >= 11 is 11.8. The third-order valence-corrected chi connectivity index (χ3v) is 6.58. The highest BCUT2D eigenvalue weighted by atomic mass is 79.9. The lowest BCUT2D eigenvalue weighted by atomic mass is 10.1. The number of amides is 1. The number of thiophene rings is 1. The van der Waals surface area contributed by atoms with E-state index in [1.807, 2.05) is 19.1 Å². The van der Waals surface area contributed by atoms with Crippen molar-refractivity contribution in [1.29, 1.82) is 0 Å². The molecule has 0 aromatic carbocycles. The Balaban J connectivity index is 1.91. The topological polar surface area (TPSA) is 41.5 Å². The van der Waals surface area contributed by atoms with Crippen LogP contribution in [0.25, 0.3) is 0 Å². The molecule has 1 aromatic heterocycles. The van der Waals surface area contributed by atoms with Crippen LogP contribution in [0.2, 0.25) is 0 Å². The van der Waals surface area contributed by atoms with Crippen molar-refractivity contribution in [1.82, 2.24) is 5.43 Å². The molecule has 92 valence electrons.